The fourth-order valence-electron chi connectivity index (χ4n) is 2.69. The summed E-state index contributed by atoms with van der Waals surface area (Å²) in [5.74, 6) is -1.83. The monoisotopic (exact) mass is 377 g/mol. The largest absolute Gasteiger partial charge is 0.379 e. The van der Waals surface area contributed by atoms with E-state index in [1.165, 1.54) is 6.07 Å². The summed E-state index contributed by atoms with van der Waals surface area (Å²) in [4.78, 5) is 23.1. The van der Waals surface area contributed by atoms with E-state index >= 15 is 0 Å². The lowest BCUT2D eigenvalue weighted by Gasteiger charge is -2.26. The topological polar surface area (TPSA) is 79.4 Å². The van der Waals surface area contributed by atoms with E-state index in [9.17, 15) is 13.6 Å². The Hall–Kier alpha value is -2.65. The van der Waals surface area contributed by atoms with Gasteiger partial charge in [-0.2, -0.15) is 0 Å². The third-order valence-corrected chi connectivity index (χ3v) is 4.08. The van der Waals surface area contributed by atoms with Crippen molar-refractivity contribution in [2.45, 2.75) is 6.92 Å². The summed E-state index contributed by atoms with van der Waals surface area (Å²) in [6.45, 7) is 6.39. The van der Waals surface area contributed by atoms with Crippen molar-refractivity contribution in [2.24, 2.45) is 0 Å². The number of rotatable bonds is 6. The number of aryl methyl sites for hydroxylation is 1. The van der Waals surface area contributed by atoms with Gasteiger partial charge in [-0.05, 0) is 25.1 Å². The fraction of sp³-hybridized carbons (Fsp3) is 0.389. The molecule has 0 unspecified atom stereocenters. The number of nitrogens with zero attached hydrogens (tertiary/aromatic N) is 3. The number of nitrogens with one attached hydrogen (secondary N) is 2. The summed E-state index contributed by atoms with van der Waals surface area (Å²) in [5, 5.41) is 5.50. The molecule has 2 N–H and O–H groups in total. The van der Waals surface area contributed by atoms with E-state index in [0.717, 1.165) is 45.0 Å². The molecule has 1 aliphatic heterocycles. The molecule has 3 rings (SSSR count). The van der Waals surface area contributed by atoms with Gasteiger partial charge in [0.25, 0.3) is 5.91 Å². The molecule has 0 radical (unpaired) electrons. The highest BCUT2D eigenvalue weighted by Crippen LogP contribution is 2.16. The first-order valence-electron chi connectivity index (χ1n) is 8.67. The van der Waals surface area contributed by atoms with Crippen LogP contribution in [0.2, 0.25) is 0 Å². The molecule has 2 aromatic rings. The standard InChI is InChI=1S/C18H21F2N5O2/c1-12-10-16(17(26)23-15-3-2-13(19)11-14(15)20)24-18(22-12)21-4-5-25-6-8-27-9-7-25/h2-3,10-11H,4-9H2,1H3,(H,23,26)(H,21,22,24). The van der Waals surface area contributed by atoms with Crippen molar-refractivity contribution in [3.63, 3.8) is 0 Å². The van der Waals surface area contributed by atoms with Crippen LogP contribution in [0.5, 0.6) is 0 Å². The first-order chi connectivity index (χ1) is 13.0. The Morgan fingerprint density at radius 2 is 2.00 bits per heavy atom. The average Bonchev–Trinajstić information content (AvgIpc) is 2.64. The van der Waals surface area contributed by atoms with Gasteiger partial charge in [-0.3, -0.25) is 9.69 Å². The number of benzene rings is 1. The number of ether oxygens (including phenoxy) is 1. The lowest BCUT2D eigenvalue weighted by atomic mass is 10.2. The van der Waals surface area contributed by atoms with Crippen molar-refractivity contribution in [1.82, 2.24) is 14.9 Å². The highest BCUT2D eigenvalue weighted by atomic mass is 19.1. The van der Waals surface area contributed by atoms with Crippen molar-refractivity contribution in [1.29, 1.82) is 0 Å². The lowest BCUT2D eigenvalue weighted by molar-refractivity contribution is 0.0398. The van der Waals surface area contributed by atoms with Gasteiger partial charge in [0.15, 0.2) is 0 Å². The molecule has 1 fully saturated rings. The first kappa shape index (κ1) is 19.1. The summed E-state index contributed by atoms with van der Waals surface area (Å²) in [6, 6.07) is 4.45. The number of hydrogen-bond acceptors (Lipinski definition) is 6. The van der Waals surface area contributed by atoms with E-state index in [4.69, 9.17) is 4.74 Å². The highest BCUT2D eigenvalue weighted by Gasteiger charge is 2.14. The van der Waals surface area contributed by atoms with Gasteiger partial charge >= 0.3 is 0 Å². The van der Waals surface area contributed by atoms with Crippen molar-refractivity contribution < 1.29 is 18.3 Å². The number of anilines is 2. The van der Waals surface area contributed by atoms with Crippen molar-refractivity contribution in [2.75, 3.05) is 50.0 Å². The van der Waals surface area contributed by atoms with Gasteiger partial charge in [0.1, 0.15) is 17.3 Å². The van der Waals surface area contributed by atoms with Gasteiger partial charge in [0.2, 0.25) is 5.95 Å². The molecule has 9 heteroatoms. The molecular formula is C18H21F2N5O2. The molecule has 144 valence electrons. The molecule has 0 atom stereocenters. The highest BCUT2D eigenvalue weighted by molar-refractivity contribution is 6.03. The van der Waals surface area contributed by atoms with Crippen LogP contribution in [0.4, 0.5) is 20.4 Å². The minimum Gasteiger partial charge on any atom is -0.379 e. The van der Waals surface area contributed by atoms with E-state index < -0.39 is 17.5 Å². The SMILES string of the molecule is Cc1cc(C(=O)Nc2ccc(F)cc2F)nc(NCCN2CCOCC2)n1. The van der Waals surface area contributed by atoms with E-state index in [0.29, 0.717) is 24.3 Å². The van der Waals surface area contributed by atoms with Crippen LogP contribution >= 0.6 is 0 Å². The van der Waals surface area contributed by atoms with Gasteiger partial charge < -0.3 is 15.4 Å². The predicted molar refractivity (Wildman–Crippen MR) is 96.8 cm³/mol. The Bertz CT molecular complexity index is 812. The molecule has 1 aromatic carbocycles. The molecule has 1 aromatic heterocycles. The Balaban J connectivity index is 1.62. The lowest BCUT2D eigenvalue weighted by Crippen LogP contribution is -2.39. The number of aromatic nitrogens is 2. The molecule has 0 aliphatic carbocycles. The average molecular weight is 377 g/mol. The maximum Gasteiger partial charge on any atom is 0.274 e. The Morgan fingerprint density at radius 3 is 2.74 bits per heavy atom. The van der Waals surface area contributed by atoms with Gasteiger partial charge in [-0.15, -0.1) is 0 Å². The zero-order valence-corrected chi connectivity index (χ0v) is 15.0. The van der Waals surface area contributed by atoms with Crippen LogP contribution in [0.1, 0.15) is 16.2 Å². The van der Waals surface area contributed by atoms with Gasteiger partial charge in [-0.25, -0.2) is 18.7 Å². The maximum absolute atomic E-state index is 13.7. The molecule has 0 spiro atoms. The minimum absolute atomic E-state index is 0.0973. The van der Waals surface area contributed by atoms with Crippen LogP contribution in [-0.2, 0) is 4.74 Å². The molecule has 0 saturated carbocycles. The summed E-state index contributed by atoms with van der Waals surface area (Å²) < 4.78 is 32.0. The second-order valence-corrected chi connectivity index (χ2v) is 6.18. The van der Waals surface area contributed by atoms with E-state index in [2.05, 4.69) is 25.5 Å². The summed E-state index contributed by atoms with van der Waals surface area (Å²) in [6.07, 6.45) is 0. The number of carbonyl (C=O) groups excluding carboxylic acids is 1. The fourth-order valence-corrected chi connectivity index (χ4v) is 2.69. The van der Waals surface area contributed by atoms with Crippen LogP contribution < -0.4 is 10.6 Å². The number of morpholine rings is 1. The smallest absolute Gasteiger partial charge is 0.274 e. The Morgan fingerprint density at radius 1 is 1.22 bits per heavy atom. The molecule has 1 aliphatic rings. The van der Waals surface area contributed by atoms with Crippen LogP contribution in [0.25, 0.3) is 0 Å². The quantitative estimate of drug-likeness (QED) is 0.802. The summed E-state index contributed by atoms with van der Waals surface area (Å²) in [7, 11) is 0. The predicted octanol–water partition coefficient (Wildman–Crippen LogP) is 2.06. The van der Waals surface area contributed by atoms with Crippen molar-refractivity contribution in [3.8, 4) is 0 Å². The molecule has 0 bridgehead atoms. The number of amides is 1. The zero-order valence-electron chi connectivity index (χ0n) is 15.0. The number of hydrogen-bond donors (Lipinski definition) is 2. The summed E-state index contributed by atoms with van der Waals surface area (Å²) >= 11 is 0. The second-order valence-electron chi connectivity index (χ2n) is 6.18. The van der Waals surface area contributed by atoms with Gasteiger partial charge in [0.05, 0.1) is 18.9 Å². The molecule has 1 saturated heterocycles. The molecule has 27 heavy (non-hydrogen) atoms. The van der Waals surface area contributed by atoms with Crippen molar-refractivity contribution in [3.05, 3.63) is 47.3 Å². The third kappa shape index (κ3) is 5.41. The zero-order chi connectivity index (χ0) is 19.2. The van der Waals surface area contributed by atoms with Crippen LogP contribution in [0.3, 0.4) is 0 Å². The van der Waals surface area contributed by atoms with Crippen LogP contribution in [-0.4, -0.2) is 60.2 Å². The molecular weight excluding hydrogens is 356 g/mol. The molecule has 1 amide bonds. The van der Waals surface area contributed by atoms with E-state index in [-0.39, 0.29) is 11.4 Å². The molecule has 2 heterocycles. The molecule has 7 nitrogen and oxygen atoms in total. The minimum atomic E-state index is -0.849. The van der Waals surface area contributed by atoms with E-state index in [1.54, 1.807) is 6.92 Å². The second kappa shape index (κ2) is 8.83. The van der Waals surface area contributed by atoms with Crippen LogP contribution in [0.15, 0.2) is 24.3 Å². The Labute approximate surface area is 155 Å². The number of halogens is 2. The number of carbonyl (C=O) groups is 1. The van der Waals surface area contributed by atoms with Gasteiger partial charge in [0, 0.05) is 37.9 Å². The van der Waals surface area contributed by atoms with Gasteiger partial charge in [-0.1, -0.05) is 0 Å². The van der Waals surface area contributed by atoms with E-state index in [1.807, 2.05) is 0 Å². The Kier molecular flexibility index (Phi) is 6.25. The van der Waals surface area contributed by atoms with Crippen LogP contribution in [0, 0.1) is 18.6 Å². The van der Waals surface area contributed by atoms with Crippen molar-refractivity contribution >= 4 is 17.5 Å². The summed E-state index contributed by atoms with van der Waals surface area (Å²) in [5.41, 5.74) is 0.586. The first-order valence-corrected chi connectivity index (χ1v) is 8.67. The maximum atomic E-state index is 13.7. The third-order valence-electron chi connectivity index (χ3n) is 4.08. The normalized spacial score (nSPS) is 14.8.